The molecule has 0 nitrogen and oxygen atoms in total. The van der Waals surface area contributed by atoms with Crippen molar-refractivity contribution in [1.82, 2.24) is 0 Å². The highest BCUT2D eigenvalue weighted by Crippen LogP contribution is 2.29. The monoisotopic (exact) mass is 204 g/mol. The highest BCUT2D eigenvalue weighted by molar-refractivity contribution is 5.37. The second-order valence-electron chi connectivity index (χ2n) is 5.35. The Balaban J connectivity index is 3.21. The molecule has 0 saturated carbocycles. The molecule has 0 saturated heterocycles. The molecule has 0 aliphatic carbocycles. The first-order valence-electron chi connectivity index (χ1n) is 6.07. The average Bonchev–Trinajstić information content (AvgIpc) is 2.16. The maximum Gasteiger partial charge on any atom is -0.0216 e. The van der Waals surface area contributed by atoms with E-state index in [1.807, 2.05) is 0 Å². The van der Waals surface area contributed by atoms with Gasteiger partial charge in [-0.2, -0.15) is 0 Å². The summed E-state index contributed by atoms with van der Waals surface area (Å²) in [5, 5.41) is 0. The average molecular weight is 204 g/mol. The van der Waals surface area contributed by atoms with Crippen molar-refractivity contribution >= 4 is 0 Å². The number of hydrogen-bond acceptors (Lipinski definition) is 0. The third-order valence-corrected chi connectivity index (χ3v) is 3.02. The van der Waals surface area contributed by atoms with Gasteiger partial charge in [-0.05, 0) is 34.4 Å². The highest BCUT2D eigenvalue weighted by Gasteiger charge is 2.11. The van der Waals surface area contributed by atoms with Crippen LogP contribution in [-0.4, -0.2) is 0 Å². The fraction of sp³-hybridized carbons (Fsp3) is 0.600. The van der Waals surface area contributed by atoms with E-state index in [1.165, 1.54) is 16.7 Å². The lowest BCUT2D eigenvalue weighted by Gasteiger charge is -2.18. The van der Waals surface area contributed by atoms with Crippen LogP contribution in [0.5, 0.6) is 0 Å². The van der Waals surface area contributed by atoms with Crippen molar-refractivity contribution in [2.75, 3.05) is 0 Å². The summed E-state index contributed by atoms with van der Waals surface area (Å²) in [6.07, 6.45) is 0. The van der Waals surface area contributed by atoms with E-state index in [2.05, 4.69) is 59.7 Å². The first kappa shape index (κ1) is 12.3. The van der Waals surface area contributed by atoms with Gasteiger partial charge in [-0.3, -0.25) is 0 Å². The standard InChI is InChI=1S/C15H24/c1-10(2)13-7-8-14(11(3)4)15(9-13)12(5)6/h7-12H,1-6H3. The van der Waals surface area contributed by atoms with E-state index in [1.54, 1.807) is 0 Å². The van der Waals surface area contributed by atoms with Crippen molar-refractivity contribution in [2.24, 2.45) is 0 Å². The molecule has 0 aromatic heterocycles. The molecular weight excluding hydrogens is 180 g/mol. The molecule has 1 rings (SSSR count). The van der Waals surface area contributed by atoms with Gasteiger partial charge in [-0.1, -0.05) is 59.7 Å². The third-order valence-electron chi connectivity index (χ3n) is 3.02. The molecule has 0 heterocycles. The predicted molar refractivity (Wildman–Crippen MR) is 68.7 cm³/mol. The maximum atomic E-state index is 2.39. The summed E-state index contributed by atoms with van der Waals surface area (Å²) in [7, 11) is 0. The summed E-state index contributed by atoms with van der Waals surface area (Å²) < 4.78 is 0. The molecular formula is C15H24. The lowest BCUT2D eigenvalue weighted by Crippen LogP contribution is -2.00. The molecule has 1 aromatic rings. The topological polar surface area (TPSA) is 0 Å². The summed E-state index contributed by atoms with van der Waals surface area (Å²) >= 11 is 0. The smallest absolute Gasteiger partial charge is 0.0216 e. The minimum absolute atomic E-state index is 0.626. The maximum absolute atomic E-state index is 2.39. The van der Waals surface area contributed by atoms with Crippen molar-refractivity contribution < 1.29 is 0 Å². The lowest BCUT2D eigenvalue weighted by atomic mass is 9.87. The van der Waals surface area contributed by atoms with Crippen LogP contribution in [-0.2, 0) is 0 Å². The van der Waals surface area contributed by atoms with E-state index in [0.717, 1.165) is 0 Å². The van der Waals surface area contributed by atoms with Crippen molar-refractivity contribution in [2.45, 2.75) is 59.3 Å². The third kappa shape index (κ3) is 2.84. The molecule has 84 valence electrons. The molecule has 0 bridgehead atoms. The van der Waals surface area contributed by atoms with E-state index < -0.39 is 0 Å². The molecule has 0 fully saturated rings. The quantitative estimate of drug-likeness (QED) is 0.646. The van der Waals surface area contributed by atoms with Crippen LogP contribution in [0.2, 0.25) is 0 Å². The molecule has 0 aliphatic rings. The van der Waals surface area contributed by atoms with E-state index >= 15 is 0 Å². The van der Waals surface area contributed by atoms with Crippen LogP contribution in [0.25, 0.3) is 0 Å². The van der Waals surface area contributed by atoms with E-state index in [-0.39, 0.29) is 0 Å². The summed E-state index contributed by atoms with van der Waals surface area (Å²) in [6, 6.07) is 6.99. The van der Waals surface area contributed by atoms with Crippen LogP contribution >= 0.6 is 0 Å². The van der Waals surface area contributed by atoms with Crippen molar-refractivity contribution in [3.8, 4) is 0 Å². The van der Waals surface area contributed by atoms with Crippen LogP contribution in [0.4, 0.5) is 0 Å². The highest BCUT2D eigenvalue weighted by atomic mass is 14.2. The van der Waals surface area contributed by atoms with Crippen LogP contribution in [0, 0.1) is 0 Å². The Hall–Kier alpha value is -0.780. The molecule has 1 aromatic carbocycles. The molecule has 0 N–H and O–H groups in total. The minimum Gasteiger partial charge on any atom is -0.0587 e. The van der Waals surface area contributed by atoms with Crippen LogP contribution < -0.4 is 0 Å². The molecule has 0 atom stereocenters. The SMILES string of the molecule is CC(C)c1ccc(C(C)C)c(C(C)C)c1. The summed E-state index contributed by atoms with van der Waals surface area (Å²) in [6.45, 7) is 13.6. The molecule has 0 spiro atoms. The summed E-state index contributed by atoms with van der Waals surface area (Å²) in [5.74, 6) is 1.88. The number of benzene rings is 1. The Morgan fingerprint density at radius 2 is 1.20 bits per heavy atom. The fourth-order valence-corrected chi connectivity index (χ4v) is 1.98. The predicted octanol–water partition coefficient (Wildman–Crippen LogP) is 5.06. The van der Waals surface area contributed by atoms with Crippen LogP contribution in [0.3, 0.4) is 0 Å². The van der Waals surface area contributed by atoms with E-state index in [0.29, 0.717) is 17.8 Å². The first-order chi connectivity index (χ1) is 6.93. The van der Waals surface area contributed by atoms with Gasteiger partial charge in [-0.15, -0.1) is 0 Å². The zero-order valence-corrected chi connectivity index (χ0v) is 11.0. The normalized spacial score (nSPS) is 11.8. The van der Waals surface area contributed by atoms with Gasteiger partial charge in [0.1, 0.15) is 0 Å². The molecule has 0 aliphatic heterocycles. The number of rotatable bonds is 3. The van der Waals surface area contributed by atoms with Gasteiger partial charge in [-0.25, -0.2) is 0 Å². The van der Waals surface area contributed by atoms with Crippen LogP contribution in [0.15, 0.2) is 18.2 Å². The van der Waals surface area contributed by atoms with Gasteiger partial charge >= 0.3 is 0 Å². The lowest BCUT2D eigenvalue weighted by molar-refractivity contribution is 0.778. The largest absolute Gasteiger partial charge is 0.0587 e. The molecule has 0 heteroatoms. The van der Waals surface area contributed by atoms with Gasteiger partial charge in [0.2, 0.25) is 0 Å². The van der Waals surface area contributed by atoms with Gasteiger partial charge in [0.25, 0.3) is 0 Å². The molecule has 0 radical (unpaired) electrons. The van der Waals surface area contributed by atoms with E-state index in [9.17, 15) is 0 Å². The van der Waals surface area contributed by atoms with Gasteiger partial charge < -0.3 is 0 Å². The minimum atomic E-state index is 0.626. The Morgan fingerprint density at radius 3 is 1.60 bits per heavy atom. The summed E-state index contributed by atoms with van der Waals surface area (Å²) in [4.78, 5) is 0. The van der Waals surface area contributed by atoms with Crippen LogP contribution in [0.1, 0.15) is 76.0 Å². The Bertz CT molecular complexity index is 319. The van der Waals surface area contributed by atoms with Gasteiger partial charge in [0.05, 0.1) is 0 Å². The van der Waals surface area contributed by atoms with Crippen molar-refractivity contribution in [3.05, 3.63) is 34.9 Å². The Kier molecular flexibility index (Phi) is 3.96. The van der Waals surface area contributed by atoms with Crippen molar-refractivity contribution in [1.29, 1.82) is 0 Å². The zero-order valence-electron chi connectivity index (χ0n) is 11.0. The zero-order chi connectivity index (χ0) is 11.6. The number of hydrogen-bond donors (Lipinski definition) is 0. The molecule has 0 amide bonds. The van der Waals surface area contributed by atoms with E-state index in [4.69, 9.17) is 0 Å². The van der Waals surface area contributed by atoms with Gasteiger partial charge in [0.15, 0.2) is 0 Å². The van der Waals surface area contributed by atoms with Gasteiger partial charge in [0, 0.05) is 0 Å². The summed E-state index contributed by atoms with van der Waals surface area (Å²) in [5.41, 5.74) is 4.49. The fourth-order valence-electron chi connectivity index (χ4n) is 1.98. The second kappa shape index (κ2) is 4.83. The Labute approximate surface area is 94.7 Å². The molecule has 15 heavy (non-hydrogen) atoms. The Morgan fingerprint density at radius 1 is 0.667 bits per heavy atom. The molecule has 0 unspecified atom stereocenters. The second-order valence-corrected chi connectivity index (χ2v) is 5.35. The first-order valence-corrected chi connectivity index (χ1v) is 6.07. The van der Waals surface area contributed by atoms with Crippen molar-refractivity contribution in [3.63, 3.8) is 0 Å².